The molecule has 1 aromatic heterocycles. The van der Waals surface area contributed by atoms with E-state index in [9.17, 15) is 4.79 Å². The van der Waals surface area contributed by atoms with Crippen LogP contribution in [-0.2, 0) is 6.42 Å². The van der Waals surface area contributed by atoms with Gasteiger partial charge in [-0.05, 0) is 73.0 Å². The van der Waals surface area contributed by atoms with Crippen molar-refractivity contribution in [3.63, 3.8) is 0 Å². The highest BCUT2D eigenvalue weighted by Crippen LogP contribution is 2.33. The van der Waals surface area contributed by atoms with Crippen LogP contribution in [-0.4, -0.2) is 29.0 Å². The molecule has 2 aromatic carbocycles. The second-order valence-electron chi connectivity index (χ2n) is 6.63. The van der Waals surface area contributed by atoms with E-state index in [1.807, 2.05) is 64.3 Å². The van der Waals surface area contributed by atoms with Gasteiger partial charge in [0.25, 0.3) is 5.91 Å². The van der Waals surface area contributed by atoms with Crippen molar-refractivity contribution in [3.8, 4) is 11.4 Å². The summed E-state index contributed by atoms with van der Waals surface area (Å²) >= 11 is 0. The molecule has 0 bridgehead atoms. The number of benzene rings is 2. The minimum absolute atomic E-state index is 0.0328. The first kappa shape index (κ1) is 16.5. The first-order chi connectivity index (χ1) is 12.7. The molecule has 3 aromatic rings. The van der Waals surface area contributed by atoms with E-state index in [-0.39, 0.29) is 11.9 Å². The summed E-state index contributed by atoms with van der Waals surface area (Å²) in [5.41, 5.74) is 4.24. The molecule has 0 N–H and O–H groups in total. The van der Waals surface area contributed by atoms with Crippen molar-refractivity contribution in [2.45, 2.75) is 19.4 Å². The lowest BCUT2D eigenvalue weighted by Gasteiger charge is -2.35. The highest BCUT2D eigenvalue weighted by atomic mass is 16.5. The molecule has 4 heteroatoms. The molecule has 1 aliphatic heterocycles. The Morgan fingerprint density at radius 2 is 1.81 bits per heavy atom. The van der Waals surface area contributed by atoms with E-state index in [4.69, 9.17) is 4.74 Å². The molecule has 0 saturated heterocycles. The highest BCUT2D eigenvalue weighted by molar-refractivity contribution is 5.94. The lowest BCUT2D eigenvalue weighted by Crippen LogP contribution is -2.38. The lowest BCUT2D eigenvalue weighted by atomic mass is 9.92. The number of methoxy groups -OCH3 is 1. The normalized spacial score (nSPS) is 16.2. The Bertz CT molecular complexity index is 914. The van der Waals surface area contributed by atoms with Crippen molar-refractivity contribution < 1.29 is 9.53 Å². The van der Waals surface area contributed by atoms with Gasteiger partial charge in [0.15, 0.2) is 0 Å². The Kier molecular flexibility index (Phi) is 4.25. The van der Waals surface area contributed by atoms with Crippen LogP contribution in [0.25, 0.3) is 5.69 Å². The number of fused-ring (bicyclic) bond motifs is 1. The van der Waals surface area contributed by atoms with E-state index in [0.29, 0.717) is 0 Å². The Morgan fingerprint density at radius 3 is 2.50 bits per heavy atom. The molecule has 26 heavy (non-hydrogen) atoms. The molecule has 0 spiro atoms. The molecule has 0 saturated carbocycles. The minimum Gasteiger partial charge on any atom is -0.497 e. The molecule has 1 aliphatic rings. The Balaban J connectivity index is 1.58. The number of nitrogens with zero attached hydrogens (tertiary/aromatic N) is 2. The van der Waals surface area contributed by atoms with E-state index in [1.165, 1.54) is 11.1 Å². The molecule has 2 heterocycles. The molecule has 1 amide bonds. The van der Waals surface area contributed by atoms with Crippen molar-refractivity contribution in [1.29, 1.82) is 0 Å². The smallest absolute Gasteiger partial charge is 0.254 e. The molecule has 0 aliphatic carbocycles. The molecule has 4 rings (SSSR count). The van der Waals surface area contributed by atoms with Gasteiger partial charge in [0, 0.05) is 30.2 Å². The van der Waals surface area contributed by atoms with Gasteiger partial charge >= 0.3 is 0 Å². The number of carbonyl (C=O) groups is 1. The van der Waals surface area contributed by atoms with Crippen LogP contribution in [0.4, 0.5) is 0 Å². The highest BCUT2D eigenvalue weighted by Gasteiger charge is 2.28. The zero-order chi connectivity index (χ0) is 18.1. The molecule has 132 valence electrons. The van der Waals surface area contributed by atoms with Gasteiger partial charge in [0.2, 0.25) is 0 Å². The number of aromatic nitrogens is 1. The summed E-state index contributed by atoms with van der Waals surface area (Å²) in [7, 11) is 1.67. The monoisotopic (exact) mass is 346 g/mol. The molecule has 0 fully saturated rings. The predicted molar refractivity (Wildman–Crippen MR) is 102 cm³/mol. The second kappa shape index (κ2) is 6.71. The first-order valence-electron chi connectivity index (χ1n) is 8.88. The summed E-state index contributed by atoms with van der Waals surface area (Å²) in [4.78, 5) is 15.0. The van der Waals surface area contributed by atoms with Gasteiger partial charge in [-0.2, -0.15) is 0 Å². The number of amides is 1. The fraction of sp³-hybridized carbons (Fsp3) is 0.227. The summed E-state index contributed by atoms with van der Waals surface area (Å²) in [6, 6.07) is 17.9. The fourth-order valence-corrected chi connectivity index (χ4v) is 3.65. The second-order valence-corrected chi connectivity index (χ2v) is 6.63. The molecule has 0 radical (unpaired) electrons. The van der Waals surface area contributed by atoms with Crippen molar-refractivity contribution in [1.82, 2.24) is 9.47 Å². The molecular weight excluding hydrogens is 324 g/mol. The quantitative estimate of drug-likeness (QED) is 0.711. The van der Waals surface area contributed by atoms with Gasteiger partial charge in [-0.25, -0.2) is 0 Å². The van der Waals surface area contributed by atoms with Crippen molar-refractivity contribution >= 4 is 5.91 Å². The van der Waals surface area contributed by atoms with Crippen LogP contribution >= 0.6 is 0 Å². The Labute approximate surface area is 153 Å². The average Bonchev–Trinajstić information content (AvgIpc) is 3.22. The third kappa shape index (κ3) is 2.88. The van der Waals surface area contributed by atoms with Gasteiger partial charge in [-0.3, -0.25) is 4.79 Å². The maximum Gasteiger partial charge on any atom is 0.254 e. The molecule has 1 atom stereocenters. The zero-order valence-corrected chi connectivity index (χ0v) is 15.1. The van der Waals surface area contributed by atoms with E-state index in [1.54, 1.807) is 7.11 Å². The summed E-state index contributed by atoms with van der Waals surface area (Å²) < 4.78 is 7.38. The number of hydrogen-bond donors (Lipinski definition) is 0. The summed E-state index contributed by atoms with van der Waals surface area (Å²) in [6.45, 7) is 2.82. The van der Waals surface area contributed by atoms with Crippen LogP contribution < -0.4 is 4.74 Å². The largest absolute Gasteiger partial charge is 0.497 e. The maximum absolute atomic E-state index is 13.1. The van der Waals surface area contributed by atoms with Gasteiger partial charge in [-0.15, -0.1) is 0 Å². The predicted octanol–water partition coefficient (Wildman–Crippen LogP) is 4.25. The van der Waals surface area contributed by atoms with Gasteiger partial charge in [0.1, 0.15) is 5.75 Å². The third-order valence-corrected chi connectivity index (χ3v) is 5.17. The summed E-state index contributed by atoms with van der Waals surface area (Å²) in [5.74, 6) is 0.908. The topological polar surface area (TPSA) is 34.5 Å². The first-order valence-corrected chi connectivity index (χ1v) is 8.88. The number of hydrogen-bond acceptors (Lipinski definition) is 2. The lowest BCUT2D eigenvalue weighted by molar-refractivity contribution is 0.0677. The SMILES string of the molecule is COc1ccc2c(c1)C(C)N(C(=O)c1ccc(-n3cccc3)cc1)CC2. The Hall–Kier alpha value is -3.01. The summed E-state index contributed by atoms with van der Waals surface area (Å²) in [5, 5.41) is 0. The number of carbonyl (C=O) groups excluding carboxylic acids is 1. The molecule has 4 nitrogen and oxygen atoms in total. The summed E-state index contributed by atoms with van der Waals surface area (Å²) in [6.07, 6.45) is 4.86. The zero-order valence-electron chi connectivity index (χ0n) is 15.1. The van der Waals surface area contributed by atoms with Gasteiger partial charge in [0.05, 0.1) is 13.2 Å². The number of ether oxygens (including phenoxy) is 1. The maximum atomic E-state index is 13.1. The van der Waals surface area contributed by atoms with Crippen LogP contribution in [0.15, 0.2) is 67.0 Å². The molecule has 1 unspecified atom stereocenters. The average molecular weight is 346 g/mol. The van der Waals surface area contributed by atoms with Crippen LogP contribution in [0.2, 0.25) is 0 Å². The standard InChI is InChI=1S/C22H22N2O2/c1-16-21-15-20(26-2)10-7-17(21)11-14-24(16)22(25)18-5-8-19(9-6-18)23-12-3-4-13-23/h3-10,12-13,15-16H,11,14H2,1-2H3. The van der Waals surface area contributed by atoms with Crippen molar-refractivity contribution in [2.24, 2.45) is 0 Å². The third-order valence-electron chi connectivity index (χ3n) is 5.17. The van der Waals surface area contributed by atoms with E-state index in [0.717, 1.165) is 30.0 Å². The van der Waals surface area contributed by atoms with Crippen LogP contribution in [0.3, 0.4) is 0 Å². The number of rotatable bonds is 3. The van der Waals surface area contributed by atoms with E-state index in [2.05, 4.69) is 19.1 Å². The van der Waals surface area contributed by atoms with E-state index < -0.39 is 0 Å². The Morgan fingerprint density at radius 1 is 1.08 bits per heavy atom. The van der Waals surface area contributed by atoms with Crippen LogP contribution in [0.1, 0.15) is 34.5 Å². The van der Waals surface area contributed by atoms with E-state index >= 15 is 0 Å². The van der Waals surface area contributed by atoms with Gasteiger partial charge < -0.3 is 14.2 Å². The minimum atomic E-state index is 0.0328. The van der Waals surface area contributed by atoms with Crippen molar-refractivity contribution in [3.05, 3.63) is 83.7 Å². The van der Waals surface area contributed by atoms with Gasteiger partial charge in [-0.1, -0.05) is 6.07 Å². The van der Waals surface area contributed by atoms with Crippen molar-refractivity contribution in [2.75, 3.05) is 13.7 Å². The fourth-order valence-electron chi connectivity index (χ4n) is 3.65. The molecular formula is C22H22N2O2. The van der Waals surface area contributed by atoms with Crippen LogP contribution in [0.5, 0.6) is 5.75 Å². The van der Waals surface area contributed by atoms with Crippen LogP contribution in [0, 0.1) is 0 Å².